The Morgan fingerprint density at radius 2 is 2.25 bits per heavy atom. The van der Waals surface area contributed by atoms with Gasteiger partial charge in [0.1, 0.15) is 11.5 Å². The molecule has 0 heterocycles. The Bertz CT molecular complexity index is 378. The van der Waals surface area contributed by atoms with Crippen LogP contribution in [0.3, 0.4) is 0 Å². The Labute approximate surface area is 102 Å². The first-order valence-corrected chi connectivity index (χ1v) is 5.65. The standard InChI is InChI=1S/C11H13BrO4/c1-3-15-11(14)7(2)16-8-4-5-9(12)10(13)6-8/h4-7,13H,3H2,1-2H3. The molecule has 4 nitrogen and oxygen atoms in total. The summed E-state index contributed by atoms with van der Waals surface area (Å²) >= 11 is 3.15. The molecule has 0 aliphatic heterocycles. The van der Waals surface area contributed by atoms with E-state index < -0.39 is 12.1 Å². The maximum Gasteiger partial charge on any atom is 0.347 e. The molecule has 0 saturated heterocycles. The number of phenolic OH excluding ortho intramolecular Hbond substituents is 1. The van der Waals surface area contributed by atoms with Crippen LogP contribution in [0.5, 0.6) is 11.5 Å². The van der Waals surface area contributed by atoms with E-state index in [0.717, 1.165) is 0 Å². The fourth-order valence-electron chi connectivity index (χ4n) is 1.08. The third-order valence-corrected chi connectivity index (χ3v) is 2.52. The van der Waals surface area contributed by atoms with Crippen molar-refractivity contribution in [2.75, 3.05) is 6.61 Å². The lowest BCUT2D eigenvalue weighted by Gasteiger charge is -2.13. The number of aromatic hydroxyl groups is 1. The molecule has 1 aromatic carbocycles. The molecule has 0 amide bonds. The van der Waals surface area contributed by atoms with Crippen LogP contribution in [0.2, 0.25) is 0 Å². The van der Waals surface area contributed by atoms with Crippen molar-refractivity contribution in [3.05, 3.63) is 22.7 Å². The minimum Gasteiger partial charge on any atom is -0.507 e. The highest BCUT2D eigenvalue weighted by atomic mass is 79.9. The van der Waals surface area contributed by atoms with E-state index in [0.29, 0.717) is 16.8 Å². The number of hydrogen-bond donors (Lipinski definition) is 1. The maximum atomic E-state index is 11.3. The van der Waals surface area contributed by atoms with Gasteiger partial charge in [-0.05, 0) is 41.9 Å². The normalized spacial score (nSPS) is 11.9. The molecule has 16 heavy (non-hydrogen) atoms. The van der Waals surface area contributed by atoms with Crippen molar-refractivity contribution in [1.82, 2.24) is 0 Å². The molecule has 1 unspecified atom stereocenters. The van der Waals surface area contributed by atoms with Crippen molar-refractivity contribution < 1.29 is 19.4 Å². The Kier molecular flexibility index (Phi) is 4.61. The summed E-state index contributed by atoms with van der Waals surface area (Å²) in [6.45, 7) is 3.64. The number of phenols is 1. The molecule has 0 aliphatic carbocycles. The van der Waals surface area contributed by atoms with E-state index in [-0.39, 0.29) is 5.75 Å². The van der Waals surface area contributed by atoms with Crippen molar-refractivity contribution in [3.8, 4) is 11.5 Å². The van der Waals surface area contributed by atoms with Crippen LogP contribution in [-0.2, 0) is 9.53 Å². The second-order valence-corrected chi connectivity index (χ2v) is 3.98. The summed E-state index contributed by atoms with van der Waals surface area (Å²) in [5.41, 5.74) is 0. The number of ether oxygens (including phenoxy) is 2. The van der Waals surface area contributed by atoms with E-state index >= 15 is 0 Å². The lowest BCUT2D eigenvalue weighted by molar-refractivity contribution is -0.150. The largest absolute Gasteiger partial charge is 0.507 e. The molecule has 1 N–H and O–H groups in total. The fraction of sp³-hybridized carbons (Fsp3) is 0.364. The second kappa shape index (κ2) is 5.75. The summed E-state index contributed by atoms with van der Waals surface area (Å²) < 4.78 is 10.7. The van der Waals surface area contributed by atoms with Crippen LogP contribution in [0.1, 0.15) is 13.8 Å². The maximum absolute atomic E-state index is 11.3. The minimum atomic E-state index is -0.694. The lowest BCUT2D eigenvalue weighted by Crippen LogP contribution is -2.25. The molecular weight excluding hydrogens is 276 g/mol. The zero-order chi connectivity index (χ0) is 12.1. The Balaban J connectivity index is 2.66. The molecular formula is C11H13BrO4. The van der Waals surface area contributed by atoms with Gasteiger partial charge < -0.3 is 14.6 Å². The van der Waals surface area contributed by atoms with Gasteiger partial charge in [-0.25, -0.2) is 4.79 Å². The molecule has 5 heteroatoms. The fourth-order valence-corrected chi connectivity index (χ4v) is 1.32. The highest BCUT2D eigenvalue weighted by molar-refractivity contribution is 9.10. The number of halogens is 1. The summed E-state index contributed by atoms with van der Waals surface area (Å²) in [6, 6.07) is 4.72. The summed E-state index contributed by atoms with van der Waals surface area (Å²) in [4.78, 5) is 11.3. The van der Waals surface area contributed by atoms with Gasteiger partial charge in [-0.1, -0.05) is 0 Å². The molecule has 1 aromatic rings. The van der Waals surface area contributed by atoms with Crippen molar-refractivity contribution >= 4 is 21.9 Å². The predicted octanol–water partition coefficient (Wildman–Crippen LogP) is 2.49. The van der Waals surface area contributed by atoms with Gasteiger partial charge in [0.25, 0.3) is 0 Å². The summed E-state index contributed by atoms with van der Waals surface area (Å²) in [5.74, 6) is 0.0553. The van der Waals surface area contributed by atoms with E-state index in [4.69, 9.17) is 9.47 Å². The molecule has 0 aromatic heterocycles. The highest BCUT2D eigenvalue weighted by Gasteiger charge is 2.15. The van der Waals surface area contributed by atoms with Gasteiger partial charge in [0.2, 0.25) is 0 Å². The Morgan fingerprint density at radius 3 is 2.81 bits per heavy atom. The van der Waals surface area contributed by atoms with E-state index in [1.54, 1.807) is 26.0 Å². The van der Waals surface area contributed by atoms with E-state index in [9.17, 15) is 9.90 Å². The zero-order valence-corrected chi connectivity index (χ0v) is 10.7. The summed E-state index contributed by atoms with van der Waals surface area (Å²) in [7, 11) is 0. The highest BCUT2D eigenvalue weighted by Crippen LogP contribution is 2.28. The molecule has 1 atom stereocenters. The molecule has 88 valence electrons. The van der Waals surface area contributed by atoms with E-state index in [2.05, 4.69) is 15.9 Å². The molecule has 1 rings (SSSR count). The third kappa shape index (κ3) is 3.41. The van der Waals surface area contributed by atoms with Crippen LogP contribution < -0.4 is 4.74 Å². The third-order valence-electron chi connectivity index (χ3n) is 1.85. The lowest BCUT2D eigenvalue weighted by atomic mass is 10.3. The zero-order valence-electron chi connectivity index (χ0n) is 9.07. The van der Waals surface area contributed by atoms with Gasteiger partial charge in [0, 0.05) is 6.07 Å². The van der Waals surface area contributed by atoms with Crippen molar-refractivity contribution in [1.29, 1.82) is 0 Å². The van der Waals surface area contributed by atoms with E-state index in [1.807, 2.05) is 0 Å². The number of carbonyl (C=O) groups is 1. The molecule has 0 bridgehead atoms. The smallest absolute Gasteiger partial charge is 0.347 e. The predicted molar refractivity (Wildman–Crippen MR) is 62.5 cm³/mol. The molecule has 0 radical (unpaired) electrons. The van der Waals surface area contributed by atoms with Crippen LogP contribution in [0.15, 0.2) is 22.7 Å². The van der Waals surface area contributed by atoms with Gasteiger partial charge >= 0.3 is 5.97 Å². The Morgan fingerprint density at radius 1 is 1.56 bits per heavy atom. The first-order chi connectivity index (χ1) is 7.54. The number of benzene rings is 1. The molecule has 0 aliphatic rings. The quantitative estimate of drug-likeness (QED) is 0.865. The summed E-state index contributed by atoms with van der Waals surface area (Å²) in [6.07, 6.45) is -0.694. The average molecular weight is 289 g/mol. The van der Waals surface area contributed by atoms with Crippen LogP contribution in [0.4, 0.5) is 0 Å². The number of esters is 1. The number of rotatable bonds is 4. The van der Waals surface area contributed by atoms with Gasteiger partial charge in [0.15, 0.2) is 6.10 Å². The van der Waals surface area contributed by atoms with Crippen LogP contribution in [-0.4, -0.2) is 23.8 Å². The molecule has 0 saturated carbocycles. The van der Waals surface area contributed by atoms with E-state index in [1.165, 1.54) is 6.07 Å². The average Bonchev–Trinajstić information content (AvgIpc) is 2.24. The van der Waals surface area contributed by atoms with Gasteiger partial charge in [-0.2, -0.15) is 0 Å². The number of carbonyl (C=O) groups excluding carboxylic acids is 1. The topological polar surface area (TPSA) is 55.8 Å². The second-order valence-electron chi connectivity index (χ2n) is 3.13. The van der Waals surface area contributed by atoms with Crippen molar-refractivity contribution in [2.24, 2.45) is 0 Å². The van der Waals surface area contributed by atoms with Crippen LogP contribution in [0.25, 0.3) is 0 Å². The molecule has 0 fully saturated rings. The SMILES string of the molecule is CCOC(=O)C(C)Oc1ccc(Br)c(O)c1. The first kappa shape index (κ1) is 12.8. The minimum absolute atomic E-state index is 0.0635. The van der Waals surface area contributed by atoms with Gasteiger partial charge in [0.05, 0.1) is 11.1 Å². The summed E-state index contributed by atoms with van der Waals surface area (Å²) in [5, 5.41) is 9.41. The van der Waals surface area contributed by atoms with Gasteiger partial charge in [-0.15, -0.1) is 0 Å². The first-order valence-electron chi connectivity index (χ1n) is 4.86. The van der Waals surface area contributed by atoms with Crippen molar-refractivity contribution in [3.63, 3.8) is 0 Å². The number of hydrogen-bond acceptors (Lipinski definition) is 4. The monoisotopic (exact) mass is 288 g/mol. The Hall–Kier alpha value is -1.23. The van der Waals surface area contributed by atoms with Crippen LogP contribution in [0, 0.1) is 0 Å². The van der Waals surface area contributed by atoms with Crippen molar-refractivity contribution in [2.45, 2.75) is 20.0 Å². The van der Waals surface area contributed by atoms with Gasteiger partial charge in [-0.3, -0.25) is 0 Å². The van der Waals surface area contributed by atoms with Crippen LogP contribution >= 0.6 is 15.9 Å². The molecule has 0 spiro atoms.